The van der Waals surface area contributed by atoms with Crippen molar-refractivity contribution in [3.63, 3.8) is 0 Å². The molecule has 0 spiro atoms. The molecule has 1 aliphatic heterocycles. The highest BCUT2D eigenvalue weighted by molar-refractivity contribution is 7.89. The van der Waals surface area contributed by atoms with E-state index in [0.29, 0.717) is 13.0 Å². The summed E-state index contributed by atoms with van der Waals surface area (Å²) in [6.07, 6.45) is 3.06. The molecular weight excluding hydrogens is 270 g/mol. The molecule has 1 amide bonds. The number of H-pyrrole nitrogens is 1. The van der Waals surface area contributed by atoms with E-state index in [1.165, 1.54) is 11.1 Å². The minimum Gasteiger partial charge on any atom is -0.366 e. The molecule has 104 valence electrons. The third-order valence-electron chi connectivity index (χ3n) is 3.04. The lowest BCUT2D eigenvalue weighted by Gasteiger charge is -2.18. The van der Waals surface area contributed by atoms with Gasteiger partial charge in [-0.3, -0.25) is 9.59 Å². The molecule has 8 heteroatoms. The molecule has 1 saturated heterocycles. The van der Waals surface area contributed by atoms with Crippen molar-refractivity contribution in [3.8, 4) is 0 Å². The first-order valence-corrected chi connectivity index (χ1v) is 7.28. The summed E-state index contributed by atoms with van der Waals surface area (Å²) in [6.45, 7) is 0.510. The Balaban J connectivity index is 2.37. The first-order valence-electron chi connectivity index (χ1n) is 5.84. The third kappa shape index (κ3) is 2.69. The van der Waals surface area contributed by atoms with Gasteiger partial charge in [0.05, 0.1) is 6.54 Å². The quantitative estimate of drug-likeness (QED) is 0.772. The van der Waals surface area contributed by atoms with Crippen LogP contribution in [0.15, 0.2) is 28.2 Å². The van der Waals surface area contributed by atoms with E-state index >= 15 is 0 Å². The summed E-state index contributed by atoms with van der Waals surface area (Å²) >= 11 is 0. The van der Waals surface area contributed by atoms with E-state index < -0.39 is 15.5 Å². The van der Waals surface area contributed by atoms with Crippen LogP contribution < -0.4 is 5.43 Å². The fourth-order valence-corrected chi connectivity index (χ4v) is 3.37. The number of hydrogen-bond acceptors (Lipinski definition) is 4. The van der Waals surface area contributed by atoms with Crippen molar-refractivity contribution in [1.29, 1.82) is 0 Å². The molecule has 2 rings (SSSR count). The molecule has 19 heavy (non-hydrogen) atoms. The molecule has 2 heterocycles. The Labute approximate surface area is 110 Å². The van der Waals surface area contributed by atoms with E-state index in [1.807, 2.05) is 0 Å². The highest BCUT2D eigenvalue weighted by Crippen LogP contribution is 2.14. The fourth-order valence-electron chi connectivity index (χ4n) is 1.91. The van der Waals surface area contributed by atoms with Crippen LogP contribution in [0.25, 0.3) is 0 Å². The van der Waals surface area contributed by atoms with Crippen LogP contribution >= 0.6 is 0 Å². The van der Waals surface area contributed by atoms with Crippen molar-refractivity contribution < 1.29 is 13.2 Å². The van der Waals surface area contributed by atoms with Crippen LogP contribution in [0, 0.1) is 0 Å². The minimum absolute atomic E-state index is 0.229. The van der Waals surface area contributed by atoms with Crippen LogP contribution in [-0.2, 0) is 14.8 Å². The Morgan fingerprint density at radius 1 is 1.26 bits per heavy atom. The number of nitrogens with one attached hydrogen (secondary N) is 1. The van der Waals surface area contributed by atoms with E-state index in [1.54, 1.807) is 7.05 Å². The third-order valence-corrected chi connectivity index (χ3v) is 4.91. The normalized spacial score (nSPS) is 18.4. The molecule has 0 aliphatic carbocycles. The molecule has 0 saturated carbocycles. The molecule has 7 nitrogen and oxygen atoms in total. The highest BCUT2D eigenvalue weighted by Gasteiger charge is 2.31. The largest absolute Gasteiger partial charge is 0.366 e. The van der Waals surface area contributed by atoms with Crippen molar-refractivity contribution in [1.82, 2.24) is 14.2 Å². The number of rotatable bonds is 2. The predicted octanol–water partition coefficient (Wildman–Crippen LogP) is -0.772. The number of sulfonamides is 1. The van der Waals surface area contributed by atoms with Gasteiger partial charge in [-0.2, -0.15) is 4.31 Å². The zero-order chi connectivity index (χ0) is 14.0. The van der Waals surface area contributed by atoms with Gasteiger partial charge >= 0.3 is 0 Å². The molecule has 0 atom stereocenters. The van der Waals surface area contributed by atoms with Crippen molar-refractivity contribution in [2.45, 2.75) is 11.3 Å². The summed E-state index contributed by atoms with van der Waals surface area (Å²) in [4.78, 5) is 27.1. The maximum atomic E-state index is 12.3. The lowest BCUT2D eigenvalue weighted by Crippen LogP contribution is -2.39. The molecule has 1 aliphatic rings. The van der Waals surface area contributed by atoms with Gasteiger partial charge in [0.2, 0.25) is 21.4 Å². The topological polar surface area (TPSA) is 90.6 Å². The summed E-state index contributed by atoms with van der Waals surface area (Å²) in [7, 11) is -2.30. The van der Waals surface area contributed by atoms with E-state index in [9.17, 15) is 18.0 Å². The number of aromatic amines is 1. The molecule has 1 aromatic heterocycles. The number of amides is 1. The number of hydrogen-bond donors (Lipinski definition) is 1. The Bertz CT molecular complexity index is 637. The Morgan fingerprint density at radius 2 is 2.00 bits per heavy atom. The first-order chi connectivity index (χ1) is 8.93. The standard InChI is InChI=1S/C11H15N3O4S/c1-13-5-2-6-14(8-11(13)16)19(17,18)10-7-12-4-3-9(10)15/h3-4,7H,2,5-6,8H2,1H3,(H,12,15). The van der Waals surface area contributed by atoms with Crippen molar-refractivity contribution in [2.75, 3.05) is 26.7 Å². The van der Waals surface area contributed by atoms with Crippen LogP contribution in [0.5, 0.6) is 0 Å². The molecule has 0 bridgehead atoms. The van der Waals surface area contributed by atoms with Gasteiger partial charge < -0.3 is 9.88 Å². The summed E-state index contributed by atoms with van der Waals surface area (Å²) in [5, 5.41) is 0. The van der Waals surface area contributed by atoms with E-state index in [4.69, 9.17) is 0 Å². The highest BCUT2D eigenvalue weighted by atomic mass is 32.2. The number of nitrogens with zero attached hydrogens (tertiary/aromatic N) is 2. The first kappa shape index (κ1) is 13.8. The molecule has 1 aromatic rings. The second-order valence-electron chi connectivity index (χ2n) is 4.38. The van der Waals surface area contributed by atoms with Crippen LogP contribution in [0.1, 0.15) is 6.42 Å². The zero-order valence-electron chi connectivity index (χ0n) is 10.5. The number of carbonyl (C=O) groups excluding carboxylic acids is 1. The molecule has 0 radical (unpaired) electrons. The van der Waals surface area contributed by atoms with Crippen molar-refractivity contribution in [2.24, 2.45) is 0 Å². The SMILES string of the molecule is CN1CCCN(S(=O)(=O)c2c[nH]ccc2=O)CC1=O. The van der Waals surface area contributed by atoms with E-state index in [2.05, 4.69) is 4.98 Å². The number of likely N-dealkylation sites (N-methyl/N-ethyl adjacent to an activating group) is 1. The maximum Gasteiger partial charge on any atom is 0.248 e. The summed E-state index contributed by atoms with van der Waals surface area (Å²) in [5.74, 6) is -0.270. The van der Waals surface area contributed by atoms with Crippen LogP contribution in [0.4, 0.5) is 0 Å². The van der Waals surface area contributed by atoms with Crippen molar-refractivity contribution >= 4 is 15.9 Å². The van der Waals surface area contributed by atoms with Gasteiger partial charge in [0.15, 0.2) is 0 Å². The van der Waals surface area contributed by atoms with Gasteiger partial charge in [-0.1, -0.05) is 0 Å². The Morgan fingerprint density at radius 3 is 2.68 bits per heavy atom. The second kappa shape index (κ2) is 5.14. The van der Waals surface area contributed by atoms with Gasteiger partial charge in [0.25, 0.3) is 0 Å². The Hall–Kier alpha value is -1.67. The van der Waals surface area contributed by atoms with Gasteiger partial charge in [0.1, 0.15) is 4.90 Å². The molecule has 0 unspecified atom stereocenters. The monoisotopic (exact) mass is 285 g/mol. The predicted molar refractivity (Wildman–Crippen MR) is 68.1 cm³/mol. The van der Waals surface area contributed by atoms with Gasteiger partial charge in [-0.05, 0) is 6.42 Å². The smallest absolute Gasteiger partial charge is 0.248 e. The maximum absolute atomic E-state index is 12.3. The van der Waals surface area contributed by atoms with Gasteiger partial charge in [-0.25, -0.2) is 8.42 Å². The van der Waals surface area contributed by atoms with Crippen LogP contribution in [0.2, 0.25) is 0 Å². The number of aromatic nitrogens is 1. The average molecular weight is 285 g/mol. The number of pyridine rings is 1. The molecule has 1 N–H and O–H groups in total. The summed E-state index contributed by atoms with van der Waals surface area (Å²) in [5.41, 5.74) is -0.580. The van der Waals surface area contributed by atoms with E-state index in [-0.39, 0.29) is 23.9 Å². The fraction of sp³-hybridized carbons (Fsp3) is 0.455. The van der Waals surface area contributed by atoms with Crippen LogP contribution in [-0.4, -0.2) is 55.2 Å². The number of carbonyl (C=O) groups is 1. The summed E-state index contributed by atoms with van der Waals surface area (Å²) in [6, 6.07) is 1.15. The van der Waals surface area contributed by atoms with Crippen LogP contribution in [0.3, 0.4) is 0 Å². The van der Waals surface area contributed by atoms with E-state index in [0.717, 1.165) is 16.6 Å². The Kier molecular flexibility index (Phi) is 3.72. The molecular formula is C11H15N3O4S. The van der Waals surface area contributed by atoms with Gasteiger partial charge in [-0.15, -0.1) is 0 Å². The lowest BCUT2D eigenvalue weighted by molar-refractivity contribution is -0.129. The average Bonchev–Trinajstić information content (AvgIpc) is 2.53. The lowest BCUT2D eigenvalue weighted by atomic mass is 10.4. The molecule has 0 aromatic carbocycles. The summed E-state index contributed by atoms with van der Waals surface area (Å²) < 4.78 is 25.8. The molecule has 1 fully saturated rings. The van der Waals surface area contributed by atoms with Gasteiger partial charge in [0, 0.05) is 38.6 Å². The minimum atomic E-state index is -3.93. The second-order valence-corrected chi connectivity index (χ2v) is 6.29. The zero-order valence-corrected chi connectivity index (χ0v) is 11.3. The van der Waals surface area contributed by atoms with Crippen molar-refractivity contribution in [3.05, 3.63) is 28.7 Å².